The van der Waals surface area contributed by atoms with Crippen molar-refractivity contribution in [3.8, 4) is 0 Å². The molecule has 20 heavy (non-hydrogen) atoms. The van der Waals surface area contributed by atoms with Crippen molar-refractivity contribution in [1.29, 1.82) is 0 Å². The second kappa shape index (κ2) is 6.58. The summed E-state index contributed by atoms with van der Waals surface area (Å²) in [6, 6.07) is 9.29. The number of halogens is 1. The Balaban J connectivity index is 0.00000200. The summed E-state index contributed by atoms with van der Waals surface area (Å²) in [7, 11) is 0. The Hall–Kier alpha value is -1.79. The van der Waals surface area contributed by atoms with Crippen LogP contribution in [0.1, 0.15) is 12.0 Å². The van der Waals surface area contributed by atoms with Crippen molar-refractivity contribution in [3.63, 3.8) is 0 Å². The molecular weight excluding hydrogens is 284 g/mol. The van der Waals surface area contributed by atoms with E-state index < -0.39 is 17.6 Å². The Labute approximate surface area is 122 Å². The number of benzene rings is 1. The van der Waals surface area contributed by atoms with Crippen molar-refractivity contribution in [2.45, 2.75) is 18.6 Å². The average Bonchev–Trinajstić information content (AvgIpc) is 3.08. The van der Waals surface area contributed by atoms with Crippen LogP contribution in [0.2, 0.25) is 0 Å². The molecule has 0 heterocycles. The number of carboxylic acids is 1. The smallest absolute Gasteiger partial charge is 0.407 e. The molecule has 1 fully saturated rings. The number of carbonyl (C=O) groups excluding carboxylic acids is 1. The second-order valence-electron chi connectivity index (χ2n) is 4.69. The summed E-state index contributed by atoms with van der Waals surface area (Å²) in [4.78, 5) is 22.2. The van der Waals surface area contributed by atoms with Gasteiger partial charge < -0.3 is 20.9 Å². The molecule has 1 saturated carbocycles. The third-order valence-corrected chi connectivity index (χ3v) is 3.26. The number of carboxylic acid groups (broad SMARTS) is 1. The van der Waals surface area contributed by atoms with Gasteiger partial charge in [-0.25, -0.2) is 4.79 Å². The van der Waals surface area contributed by atoms with Crippen LogP contribution in [0.4, 0.5) is 4.79 Å². The van der Waals surface area contributed by atoms with E-state index in [-0.39, 0.29) is 31.5 Å². The number of aliphatic carboxylic acids is 1. The van der Waals surface area contributed by atoms with Crippen molar-refractivity contribution in [1.82, 2.24) is 5.32 Å². The predicted octanol–water partition coefficient (Wildman–Crippen LogP) is 1.14. The second-order valence-corrected chi connectivity index (χ2v) is 4.69. The molecule has 1 aromatic carbocycles. The van der Waals surface area contributed by atoms with E-state index in [1.54, 1.807) is 0 Å². The minimum Gasteiger partial charge on any atom is -0.480 e. The Morgan fingerprint density at radius 1 is 1.40 bits per heavy atom. The zero-order valence-corrected chi connectivity index (χ0v) is 11.6. The van der Waals surface area contributed by atoms with Gasteiger partial charge >= 0.3 is 12.1 Å². The maximum Gasteiger partial charge on any atom is 0.407 e. The summed E-state index contributed by atoms with van der Waals surface area (Å²) >= 11 is 0. The van der Waals surface area contributed by atoms with Gasteiger partial charge in [-0.15, -0.1) is 12.4 Å². The van der Waals surface area contributed by atoms with Gasteiger partial charge in [0.15, 0.2) is 0 Å². The number of hydrogen-bond donors (Lipinski definition) is 3. The molecule has 0 bridgehead atoms. The molecule has 7 heteroatoms. The molecule has 1 aliphatic carbocycles. The Bertz CT molecular complexity index is 483. The number of ether oxygens (including phenoxy) is 1. The standard InChI is InChI=1S/C13H16N2O4.ClH/c14-13(11(16)17)6-10(13)7-15-12(18)19-8-9-4-2-1-3-5-9;/h1-5,10H,6-8,14H2,(H,15,18)(H,16,17);1H/t10-,13-;/m1./s1. The van der Waals surface area contributed by atoms with Crippen LogP contribution >= 0.6 is 12.4 Å². The van der Waals surface area contributed by atoms with Gasteiger partial charge in [0.25, 0.3) is 0 Å². The molecule has 0 spiro atoms. The van der Waals surface area contributed by atoms with E-state index >= 15 is 0 Å². The third-order valence-electron chi connectivity index (χ3n) is 3.26. The fourth-order valence-corrected chi connectivity index (χ4v) is 1.85. The van der Waals surface area contributed by atoms with Crippen molar-refractivity contribution >= 4 is 24.5 Å². The molecule has 0 unspecified atom stereocenters. The highest BCUT2D eigenvalue weighted by atomic mass is 35.5. The zero-order valence-electron chi connectivity index (χ0n) is 10.7. The SMILES string of the molecule is Cl.N[C@]1(C(=O)O)C[C@@H]1CNC(=O)OCc1ccccc1. The van der Waals surface area contributed by atoms with Gasteiger partial charge in [0.05, 0.1) is 0 Å². The quantitative estimate of drug-likeness (QED) is 0.757. The maximum atomic E-state index is 11.4. The van der Waals surface area contributed by atoms with E-state index in [9.17, 15) is 9.59 Å². The van der Waals surface area contributed by atoms with Crippen LogP contribution in [0.5, 0.6) is 0 Å². The van der Waals surface area contributed by atoms with Crippen molar-refractivity contribution < 1.29 is 19.4 Å². The lowest BCUT2D eigenvalue weighted by molar-refractivity contribution is -0.140. The topological polar surface area (TPSA) is 102 Å². The van der Waals surface area contributed by atoms with Gasteiger partial charge in [0, 0.05) is 12.5 Å². The normalized spacial score (nSPS) is 23.4. The molecule has 0 saturated heterocycles. The fourth-order valence-electron chi connectivity index (χ4n) is 1.85. The summed E-state index contributed by atoms with van der Waals surface area (Å²) < 4.78 is 5.00. The number of hydrogen-bond acceptors (Lipinski definition) is 4. The molecule has 1 aromatic rings. The lowest BCUT2D eigenvalue weighted by Crippen LogP contribution is -2.38. The average molecular weight is 301 g/mol. The van der Waals surface area contributed by atoms with Crippen molar-refractivity contribution in [3.05, 3.63) is 35.9 Å². The molecule has 1 aliphatic rings. The minimum atomic E-state index is -1.19. The minimum absolute atomic E-state index is 0. The van der Waals surface area contributed by atoms with E-state index in [0.29, 0.717) is 6.42 Å². The molecule has 2 atom stereocenters. The van der Waals surface area contributed by atoms with Gasteiger partial charge in [0.2, 0.25) is 0 Å². The highest BCUT2D eigenvalue weighted by molar-refractivity contribution is 5.85. The molecule has 4 N–H and O–H groups in total. The van der Waals surface area contributed by atoms with Gasteiger partial charge in [0.1, 0.15) is 12.1 Å². The Morgan fingerprint density at radius 2 is 2.05 bits per heavy atom. The zero-order chi connectivity index (χ0) is 13.9. The molecule has 2 rings (SSSR count). The van der Waals surface area contributed by atoms with Gasteiger partial charge in [-0.05, 0) is 12.0 Å². The van der Waals surface area contributed by atoms with Crippen LogP contribution in [0.15, 0.2) is 30.3 Å². The molecule has 0 aromatic heterocycles. The first-order chi connectivity index (χ1) is 9.02. The molecular formula is C13H17ClN2O4. The Morgan fingerprint density at radius 3 is 2.60 bits per heavy atom. The van der Waals surface area contributed by atoms with E-state index in [1.165, 1.54) is 0 Å². The highest BCUT2D eigenvalue weighted by Crippen LogP contribution is 2.40. The molecule has 110 valence electrons. The monoisotopic (exact) mass is 300 g/mol. The van der Waals surface area contributed by atoms with Crippen LogP contribution in [0.3, 0.4) is 0 Å². The molecule has 6 nitrogen and oxygen atoms in total. The number of alkyl carbamates (subject to hydrolysis) is 1. The van der Waals surface area contributed by atoms with Crippen molar-refractivity contribution in [2.75, 3.05) is 6.54 Å². The van der Waals surface area contributed by atoms with Crippen LogP contribution in [0.25, 0.3) is 0 Å². The van der Waals surface area contributed by atoms with Crippen LogP contribution in [-0.2, 0) is 16.1 Å². The molecule has 0 aliphatic heterocycles. The largest absolute Gasteiger partial charge is 0.480 e. The third kappa shape index (κ3) is 3.85. The molecule has 0 radical (unpaired) electrons. The maximum absolute atomic E-state index is 11.4. The predicted molar refractivity (Wildman–Crippen MR) is 74.5 cm³/mol. The van der Waals surface area contributed by atoms with E-state index in [2.05, 4.69) is 5.32 Å². The van der Waals surface area contributed by atoms with Gasteiger partial charge in [-0.2, -0.15) is 0 Å². The van der Waals surface area contributed by atoms with E-state index in [1.807, 2.05) is 30.3 Å². The van der Waals surface area contributed by atoms with E-state index in [0.717, 1.165) is 5.56 Å². The first kappa shape index (κ1) is 16.3. The number of nitrogens with one attached hydrogen (secondary N) is 1. The number of rotatable bonds is 5. The number of nitrogens with two attached hydrogens (primary N) is 1. The Kier molecular flexibility index (Phi) is 5.35. The lowest BCUT2D eigenvalue weighted by Gasteiger charge is -2.08. The molecule has 1 amide bonds. The van der Waals surface area contributed by atoms with E-state index in [4.69, 9.17) is 15.6 Å². The summed E-state index contributed by atoms with van der Waals surface area (Å²) in [5.41, 5.74) is 5.30. The fraction of sp³-hybridized carbons (Fsp3) is 0.385. The first-order valence-corrected chi connectivity index (χ1v) is 5.99. The summed E-state index contributed by atoms with van der Waals surface area (Å²) in [5.74, 6) is -1.26. The van der Waals surface area contributed by atoms with Crippen molar-refractivity contribution in [2.24, 2.45) is 11.7 Å². The van der Waals surface area contributed by atoms with Gasteiger partial charge in [-0.1, -0.05) is 30.3 Å². The van der Waals surface area contributed by atoms with Crippen LogP contribution in [0, 0.1) is 5.92 Å². The first-order valence-electron chi connectivity index (χ1n) is 5.99. The van der Waals surface area contributed by atoms with Crippen LogP contribution < -0.4 is 11.1 Å². The van der Waals surface area contributed by atoms with Gasteiger partial charge in [-0.3, -0.25) is 4.79 Å². The summed E-state index contributed by atoms with van der Waals surface area (Å²) in [5, 5.41) is 11.4. The van der Waals surface area contributed by atoms with Crippen LogP contribution in [-0.4, -0.2) is 29.3 Å². The highest BCUT2D eigenvalue weighted by Gasteiger charge is 2.57. The lowest BCUT2D eigenvalue weighted by atomic mass is 10.2. The number of carbonyl (C=O) groups is 2. The number of amides is 1. The summed E-state index contributed by atoms with van der Waals surface area (Å²) in [6.07, 6.45) is -0.190. The summed E-state index contributed by atoms with van der Waals surface area (Å²) in [6.45, 7) is 0.403.